The lowest BCUT2D eigenvalue weighted by molar-refractivity contribution is -0.142. The summed E-state index contributed by atoms with van der Waals surface area (Å²) in [7, 11) is 0. The highest BCUT2D eigenvalue weighted by atomic mass is 19.1. The molecule has 1 heterocycles. The number of nitrogens with zero attached hydrogens (tertiary/aromatic N) is 1. The van der Waals surface area contributed by atoms with Gasteiger partial charge in [-0.05, 0) is 37.5 Å². The van der Waals surface area contributed by atoms with E-state index in [-0.39, 0.29) is 11.5 Å². The van der Waals surface area contributed by atoms with E-state index in [0.29, 0.717) is 32.4 Å². The maximum Gasteiger partial charge on any atom is 0.307 e. The van der Waals surface area contributed by atoms with Gasteiger partial charge in [0.25, 0.3) is 0 Å². The molecule has 2 unspecified atom stereocenters. The molecule has 0 radical (unpaired) electrons. The number of benzene rings is 1. The van der Waals surface area contributed by atoms with Gasteiger partial charge in [0.05, 0.1) is 17.4 Å². The number of carbonyl (C=O) groups excluding carboxylic acids is 2. The fourth-order valence-electron chi connectivity index (χ4n) is 3.24. The van der Waals surface area contributed by atoms with Crippen molar-refractivity contribution in [1.82, 2.24) is 4.90 Å². The van der Waals surface area contributed by atoms with Gasteiger partial charge in [-0.25, -0.2) is 8.78 Å². The van der Waals surface area contributed by atoms with E-state index in [1.807, 2.05) is 0 Å². The minimum atomic E-state index is -0.958. The van der Waals surface area contributed by atoms with Crippen LogP contribution in [0, 0.1) is 29.4 Å². The van der Waals surface area contributed by atoms with Gasteiger partial charge in [0.15, 0.2) is 5.78 Å². The minimum absolute atomic E-state index is 0.190. The van der Waals surface area contributed by atoms with Gasteiger partial charge in [-0.1, -0.05) is 0 Å². The molecule has 1 saturated carbocycles. The molecule has 0 bridgehead atoms. The summed E-state index contributed by atoms with van der Waals surface area (Å²) in [5.74, 6) is -4.53. The van der Waals surface area contributed by atoms with E-state index in [2.05, 4.69) is 0 Å². The van der Waals surface area contributed by atoms with Crippen LogP contribution >= 0.6 is 0 Å². The van der Waals surface area contributed by atoms with E-state index >= 15 is 0 Å². The number of hydrogen-bond acceptors (Lipinski definition) is 3. The molecule has 3 rings (SSSR count). The number of carboxylic acid groups (broad SMARTS) is 1. The Bertz CT molecular complexity index is 698. The highest BCUT2D eigenvalue weighted by molar-refractivity contribution is 5.98. The SMILES string of the molecule is O=C(c1cc(F)ccc1F)C1CCN(C(=O)C2CC2C(=O)O)CC1. The molecular weight excluding hydrogens is 320 g/mol. The van der Waals surface area contributed by atoms with Crippen LogP contribution in [0.5, 0.6) is 0 Å². The van der Waals surface area contributed by atoms with Crippen molar-refractivity contribution in [1.29, 1.82) is 0 Å². The van der Waals surface area contributed by atoms with Crippen molar-refractivity contribution in [2.45, 2.75) is 19.3 Å². The Balaban J connectivity index is 1.59. The van der Waals surface area contributed by atoms with Crippen LogP contribution in [0.1, 0.15) is 29.6 Å². The topological polar surface area (TPSA) is 74.7 Å². The lowest BCUT2D eigenvalue weighted by Crippen LogP contribution is -2.41. The molecular formula is C17H17F2NO4. The third-order valence-electron chi connectivity index (χ3n) is 4.80. The van der Waals surface area contributed by atoms with Crippen LogP contribution < -0.4 is 0 Å². The smallest absolute Gasteiger partial charge is 0.307 e. The summed E-state index contributed by atoms with van der Waals surface area (Å²) in [5, 5.41) is 8.88. The van der Waals surface area contributed by atoms with Gasteiger partial charge in [0, 0.05) is 19.0 Å². The van der Waals surface area contributed by atoms with Crippen molar-refractivity contribution < 1.29 is 28.3 Å². The van der Waals surface area contributed by atoms with Crippen molar-refractivity contribution in [2.75, 3.05) is 13.1 Å². The second-order valence-electron chi connectivity index (χ2n) is 6.37. The number of carbonyl (C=O) groups is 3. The van der Waals surface area contributed by atoms with Crippen LogP contribution in [0.25, 0.3) is 0 Å². The third-order valence-corrected chi connectivity index (χ3v) is 4.80. The first-order valence-corrected chi connectivity index (χ1v) is 7.89. The molecule has 2 aliphatic rings. The van der Waals surface area contributed by atoms with Crippen molar-refractivity contribution in [2.24, 2.45) is 17.8 Å². The zero-order valence-electron chi connectivity index (χ0n) is 12.9. The molecule has 1 aromatic rings. The maximum absolute atomic E-state index is 13.7. The molecule has 5 nitrogen and oxygen atoms in total. The average molecular weight is 337 g/mol. The average Bonchev–Trinajstić information content (AvgIpc) is 3.37. The summed E-state index contributed by atoms with van der Waals surface area (Å²) in [6, 6.07) is 2.79. The molecule has 1 saturated heterocycles. The normalized spacial score (nSPS) is 23.8. The van der Waals surface area contributed by atoms with E-state index in [9.17, 15) is 23.2 Å². The number of Topliss-reactive ketones (excluding diaryl/α,β-unsaturated/α-hetero) is 1. The van der Waals surface area contributed by atoms with E-state index in [1.54, 1.807) is 4.90 Å². The van der Waals surface area contributed by atoms with Crippen molar-refractivity contribution in [3.8, 4) is 0 Å². The van der Waals surface area contributed by atoms with E-state index in [1.165, 1.54) is 0 Å². The number of hydrogen-bond donors (Lipinski definition) is 1. The number of likely N-dealkylation sites (tertiary alicyclic amines) is 1. The molecule has 2 fully saturated rings. The number of aliphatic carboxylic acids is 1. The zero-order valence-corrected chi connectivity index (χ0v) is 12.9. The number of halogens is 2. The van der Waals surface area contributed by atoms with Gasteiger partial charge < -0.3 is 10.0 Å². The first-order chi connectivity index (χ1) is 11.4. The molecule has 24 heavy (non-hydrogen) atoms. The molecule has 1 amide bonds. The Morgan fingerprint density at radius 1 is 1.08 bits per heavy atom. The van der Waals surface area contributed by atoms with E-state index in [0.717, 1.165) is 18.2 Å². The van der Waals surface area contributed by atoms with Crippen LogP contribution in [-0.2, 0) is 9.59 Å². The number of rotatable bonds is 4. The number of amides is 1. The fraction of sp³-hybridized carbons (Fsp3) is 0.471. The summed E-state index contributed by atoms with van der Waals surface area (Å²) < 4.78 is 26.9. The monoisotopic (exact) mass is 337 g/mol. The van der Waals surface area contributed by atoms with Gasteiger partial charge in [-0.15, -0.1) is 0 Å². The van der Waals surface area contributed by atoms with Crippen LogP contribution in [-0.4, -0.2) is 40.8 Å². The molecule has 1 aliphatic heterocycles. The minimum Gasteiger partial charge on any atom is -0.481 e. The Labute approximate surface area is 137 Å². The third kappa shape index (κ3) is 3.16. The van der Waals surface area contributed by atoms with Crippen molar-refractivity contribution in [3.05, 3.63) is 35.4 Å². The summed E-state index contributed by atoms with van der Waals surface area (Å²) in [6.45, 7) is 0.657. The number of piperidine rings is 1. The van der Waals surface area contributed by atoms with Crippen LogP contribution in [0.3, 0.4) is 0 Å². The van der Waals surface area contributed by atoms with Crippen molar-refractivity contribution >= 4 is 17.7 Å². The van der Waals surface area contributed by atoms with Crippen LogP contribution in [0.4, 0.5) is 8.78 Å². The Hall–Kier alpha value is -2.31. The first kappa shape index (κ1) is 16.5. The first-order valence-electron chi connectivity index (χ1n) is 7.89. The summed E-state index contributed by atoms with van der Waals surface area (Å²) in [4.78, 5) is 36.9. The molecule has 128 valence electrons. The van der Waals surface area contributed by atoms with E-state index in [4.69, 9.17) is 5.11 Å². The molecule has 2 atom stereocenters. The highest BCUT2D eigenvalue weighted by Gasteiger charge is 2.50. The predicted octanol–water partition coefficient (Wildman–Crippen LogP) is 2.11. The van der Waals surface area contributed by atoms with Gasteiger partial charge in [0.2, 0.25) is 5.91 Å². The summed E-state index contributed by atoms with van der Waals surface area (Å²) in [6.07, 6.45) is 1.09. The van der Waals surface area contributed by atoms with Crippen LogP contribution in [0.15, 0.2) is 18.2 Å². The van der Waals surface area contributed by atoms with Gasteiger partial charge in [-0.3, -0.25) is 14.4 Å². The summed E-state index contributed by atoms with van der Waals surface area (Å²) >= 11 is 0. The maximum atomic E-state index is 13.7. The Kier molecular flexibility index (Phi) is 4.34. The molecule has 0 spiro atoms. The molecule has 7 heteroatoms. The van der Waals surface area contributed by atoms with Gasteiger partial charge >= 0.3 is 5.97 Å². The quantitative estimate of drug-likeness (QED) is 0.854. The zero-order chi connectivity index (χ0) is 17.4. The van der Waals surface area contributed by atoms with Gasteiger partial charge in [-0.2, -0.15) is 0 Å². The lowest BCUT2D eigenvalue weighted by atomic mass is 9.88. The van der Waals surface area contributed by atoms with Crippen LogP contribution in [0.2, 0.25) is 0 Å². The predicted molar refractivity (Wildman–Crippen MR) is 79.2 cm³/mol. The second kappa shape index (κ2) is 6.30. The number of carboxylic acids is 1. The van der Waals surface area contributed by atoms with Gasteiger partial charge in [0.1, 0.15) is 11.6 Å². The highest BCUT2D eigenvalue weighted by Crippen LogP contribution is 2.40. The largest absolute Gasteiger partial charge is 0.481 e. The fourth-order valence-corrected chi connectivity index (χ4v) is 3.24. The molecule has 1 aliphatic carbocycles. The molecule has 1 aromatic carbocycles. The Morgan fingerprint density at radius 2 is 1.75 bits per heavy atom. The summed E-state index contributed by atoms with van der Waals surface area (Å²) in [5.41, 5.74) is -0.257. The standard InChI is InChI=1S/C17H17F2NO4/c18-10-1-2-14(19)13(7-10)15(21)9-3-5-20(6-4-9)16(22)11-8-12(11)17(23)24/h1-2,7,9,11-12H,3-6,8H2,(H,23,24). The lowest BCUT2D eigenvalue weighted by Gasteiger charge is -2.31. The van der Waals surface area contributed by atoms with Crippen molar-refractivity contribution in [3.63, 3.8) is 0 Å². The number of ketones is 1. The Morgan fingerprint density at radius 3 is 2.33 bits per heavy atom. The second-order valence-corrected chi connectivity index (χ2v) is 6.37. The molecule has 1 N–H and O–H groups in total. The van der Waals surface area contributed by atoms with E-state index < -0.39 is 41.1 Å². The molecule has 0 aromatic heterocycles.